The van der Waals surface area contributed by atoms with E-state index < -0.39 is 0 Å². The van der Waals surface area contributed by atoms with Gasteiger partial charge < -0.3 is 14.8 Å². The molecule has 0 saturated heterocycles. The number of carbonyl (C=O) groups excluding carboxylic acids is 1. The fourth-order valence-corrected chi connectivity index (χ4v) is 3.09. The molecule has 0 aliphatic rings. The monoisotopic (exact) mass is 345 g/mol. The Balaban J connectivity index is 1.91. The molecule has 24 heavy (non-hydrogen) atoms. The number of rotatable bonds is 8. The highest BCUT2D eigenvalue weighted by atomic mass is 32.2. The van der Waals surface area contributed by atoms with Crippen molar-refractivity contribution in [3.8, 4) is 11.5 Å². The van der Waals surface area contributed by atoms with Crippen molar-refractivity contribution < 1.29 is 14.3 Å². The minimum atomic E-state index is 0.00863. The lowest BCUT2D eigenvalue weighted by Crippen LogP contribution is -2.29. The minimum absolute atomic E-state index is 0.00863. The molecule has 1 atom stereocenters. The van der Waals surface area contributed by atoms with E-state index in [9.17, 15) is 4.79 Å². The van der Waals surface area contributed by atoms with E-state index >= 15 is 0 Å². The summed E-state index contributed by atoms with van der Waals surface area (Å²) in [4.78, 5) is 13.3. The Morgan fingerprint density at radius 1 is 1.08 bits per heavy atom. The van der Waals surface area contributed by atoms with Crippen molar-refractivity contribution in [2.45, 2.75) is 24.3 Å². The predicted molar refractivity (Wildman–Crippen MR) is 97.9 cm³/mol. The molecule has 1 N–H and O–H groups in total. The molecule has 0 bridgehead atoms. The van der Waals surface area contributed by atoms with Crippen LogP contribution in [0.4, 0.5) is 0 Å². The van der Waals surface area contributed by atoms with Gasteiger partial charge in [0.15, 0.2) is 0 Å². The van der Waals surface area contributed by atoms with E-state index in [4.69, 9.17) is 9.47 Å². The summed E-state index contributed by atoms with van der Waals surface area (Å²) in [5.41, 5.74) is 1.08. The Bertz CT molecular complexity index is 658. The molecule has 5 heteroatoms. The fraction of sp³-hybridized carbons (Fsp3) is 0.316. The molecule has 0 aromatic heterocycles. The fourth-order valence-electron chi connectivity index (χ4n) is 2.33. The van der Waals surface area contributed by atoms with Gasteiger partial charge in [0.05, 0.1) is 26.0 Å². The van der Waals surface area contributed by atoms with Crippen molar-refractivity contribution >= 4 is 17.7 Å². The Kier molecular flexibility index (Phi) is 7.00. The maximum absolute atomic E-state index is 12.2. The number of benzene rings is 2. The van der Waals surface area contributed by atoms with E-state index in [0.29, 0.717) is 5.75 Å². The van der Waals surface area contributed by atoms with Gasteiger partial charge in [-0.1, -0.05) is 25.1 Å². The van der Waals surface area contributed by atoms with Crippen LogP contribution in [0.3, 0.4) is 0 Å². The first-order valence-corrected chi connectivity index (χ1v) is 8.85. The maximum Gasteiger partial charge on any atom is 0.230 e. The van der Waals surface area contributed by atoms with Crippen molar-refractivity contribution in [2.75, 3.05) is 20.0 Å². The predicted octanol–water partition coefficient (Wildman–Crippen LogP) is 4.06. The van der Waals surface area contributed by atoms with Gasteiger partial charge in [0.25, 0.3) is 0 Å². The van der Waals surface area contributed by atoms with Gasteiger partial charge in [-0.25, -0.2) is 0 Å². The Hall–Kier alpha value is -2.14. The topological polar surface area (TPSA) is 47.6 Å². The molecule has 0 aliphatic heterocycles. The first-order chi connectivity index (χ1) is 11.7. The first kappa shape index (κ1) is 18.2. The largest absolute Gasteiger partial charge is 0.497 e. The number of nitrogens with one attached hydrogen (secondary N) is 1. The number of ether oxygens (including phenoxy) is 2. The van der Waals surface area contributed by atoms with Crippen molar-refractivity contribution in [3.63, 3.8) is 0 Å². The van der Waals surface area contributed by atoms with E-state index in [1.165, 1.54) is 11.8 Å². The van der Waals surface area contributed by atoms with Gasteiger partial charge in [-0.3, -0.25) is 4.79 Å². The van der Waals surface area contributed by atoms with Crippen LogP contribution < -0.4 is 14.8 Å². The van der Waals surface area contributed by atoms with E-state index in [1.807, 2.05) is 48.5 Å². The molecule has 2 aromatic rings. The SMILES string of the molecule is CCC(NC(=O)CSc1cccc(OC)c1)c1ccc(OC)cc1. The molecule has 1 unspecified atom stereocenters. The van der Waals surface area contributed by atoms with Gasteiger partial charge in [0.2, 0.25) is 5.91 Å². The number of hydrogen-bond acceptors (Lipinski definition) is 4. The quantitative estimate of drug-likeness (QED) is 0.733. The van der Waals surface area contributed by atoms with Gasteiger partial charge in [-0.2, -0.15) is 0 Å². The second-order valence-electron chi connectivity index (χ2n) is 5.27. The van der Waals surface area contributed by atoms with Gasteiger partial charge in [0.1, 0.15) is 11.5 Å². The van der Waals surface area contributed by atoms with Crippen LogP contribution in [0.1, 0.15) is 24.9 Å². The van der Waals surface area contributed by atoms with Crippen LogP contribution >= 0.6 is 11.8 Å². The normalized spacial score (nSPS) is 11.6. The summed E-state index contributed by atoms with van der Waals surface area (Å²) in [6.07, 6.45) is 0.835. The standard InChI is InChI=1S/C19H23NO3S/c1-4-18(14-8-10-15(22-2)11-9-14)20-19(21)13-24-17-7-5-6-16(12-17)23-3/h5-12,18H,4,13H2,1-3H3,(H,20,21). The Morgan fingerprint density at radius 2 is 1.79 bits per heavy atom. The van der Waals surface area contributed by atoms with E-state index in [-0.39, 0.29) is 11.9 Å². The number of amides is 1. The minimum Gasteiger partial charge on any atom is -0.497 e. The summed E-state index contributed by atoms with van der Waals surface area (Å²) in [5, 5.41) is 3.09. The van der Waals surface area contributed by atoms with Crippen molar-refractivity contribution in [1.82, 2.24) is 5.32 Å². The molecule has 0 spiro atoms. The highest BCUT2D eigenvalue weighted by Crippen LogP contribution is 2.24. The van der Waals surface area contributed by atoms with Crippen molar-refractivity contribution in [3.05, 3.63) is 54.1 Å². The molecule has 2 aromatic carbocycles. The molecular weight excluding hydrogens is 322 g/mol. The number of methoxy groups -OCH3 is 2. The number of hydrogen-bond donors (Lipinski definition) is 1. The van der Waals surface area contributed by atoms with Gasteiger partial charge in [0, 0.05) is 4.90 Å². The van der Waals surface area contributed by atoms with Crippen LogP contribution in [0.25, 0.3) is 0 Å². The summed E-state index contributed by atoms with van der Waals surface area (Å²) in [5.74, 6) is 2.00. The highest BCUT2D eigenvalue weighted by molar-refractivity contribution is 8.00. The van der Waals surface area contributed by atoms with Crippen LogP contribution in [0, 0.1) is 0 Å². The molecule has 0 heterocycles. The molecule has 0 aliphatic carbocycles. The molecule has 128 valence electrons. The number of carbonyl (C=O) groups is 1. The maximum atomic E-state index is 12.2. The van der Waals surface area contributed by atoms with Gasteiger partial charge in [-0.05, 0) is 42.3 Å². The molecule has 2 rings (SSSR count). The molecule has 0 saturated carbocycles. The number of thioether (sulfide) groups is 1. The third-order valence-corrected chi connectivity index (χ3v) is 4.67. The summed E-state index contributed by atoms with van der Waals surface area (Å²) < 4.78 is 10.4. The van der Waals surface area contributed by atoms with Crippen LogP contribution in [-0.2, 0) is 4.79 Å². The third-order valence-electron chi connectivity index (χ3n) is 3.67. The first-order valence-electron chi connectivity index (χ1n) is 7.86. The van der Waals surface area contributed by atoms with Crippen LogP contribution in [0.2, 0.25) is 0 Å². The van der Waals surface area contributed by atoms with Crippen molar-refractivity contribution in [1.29, 1.82) is 0 Å². The zero-order chi connectivity index (χ0) is 17.4. The average molecular weight is 345 g/mol. The molecule has 0 fully saturated rings. The van der Waals surface area contributed by atoms with Gasteiger partial charge in [-0.15, -0.1) is 11.8 Å². The second-order valence-corrected chi connectivity index (χ2v) is 6.32. The lowest BCUT2D eigenvalue weighted by Gasteiger charge is -2.17. The molecule has 4 nitrogen and oxygen atoms in total. The molecule has 0 radical (unpaired) electrons. The summed E-state index contributed by atoms with van der Waals surface area (Å²) in [6.45, 7) is 2.06. The third kappa shape index (κ3) is 5.20. The van der Waals surface area contributed by atoms with E-state index in [1.54, 1.807) is 14.2 Å². The zero-order valence-electron chi connectivity index (χ0n) is 14.2. The van der Waals surface area contributed by atoms with E-state index in [0.717, 1.165) is 28.4 Å². The summed E-state index contributed by atoms with van der Waals surface area (Å²) >= 11 is 1.50. The Morgan fingerprint density at radius 3 is 2.42 bits per heavy atom. The lowest BCUT2D eigenvalue weighted by atomic mass is 10.0. The lowest BCUT2D eigenvalue weighted by molar-refractivity contribution is -0.119. The zero-order valence-corrected chi connectivity index (χ0v) is 15.1. The van der Waals surface area contributed by atoms with Crippen LogP contribution in [-0.4, -0.2) is 25.9 Å². The van der Waals surface area contributed by atoms with E-state index in [2.05, 4.69) is 12.2 Å². The second kappa shape index (κ2) is 9.23. The molecule has 1 amide bonds. The summed E-state index contributed by atoms with van der Waals surface area (Å²) in [7, 11) is 3.28. The smallest absolute Gasteiger partial charge is 0.230 e. The van der Waals surface area contributed by atoms with Gasteiger partial charge >= 0.3 is 0 Å². The summed E-state index contributed by atoms with van der Waals surface area (Å²) in [6, 6.07) is 15.5. The highest BCUT2D eigenvalue weighted by Gasteiger charge is 2.13. The van der Waals surface area contributed by atoms with Crippen LogP contribution in [0.5, 0.6) is 11.5 Å². The Labute approximate surface area is 147 Å². The van der Waals surface area contributed by atoms with Crippen molar-refractivity contribution in [2.24, 2.45) is 0 Å². The molecular formula is C19H23NO3S. The van der Waals surface area contributed by atoms with Crippen LogP contribution in [0.15, 0.2) is 53.4 Å². The average Bonchev–Trinajstić information content (AvgIpc) is 2.64.